The van der Waals surface area contributed by atoms with Gasteiger partial charge in [0.25, 0.3) is 0 Å². The molecule has 1 aliphatic carbocycles. The molecule has 0 aromatic carbocycles. The van der Waals surface area contributed by atoms with Crippen LogP contribution in [0.4, 0.5) is 0 Å². The minimum absolute atomic E-state index is 0.318. The van der Waals surface area contributed by atoms with Crippen molar-refractivity contribution in [2.75, 3.05) is 45.6 Å². The molecule has 4 nitrogen and oxygen atoms in total. The predicted molar refractivity (Wildman–Crippen MR) is 83.0 cm³/mol. The lowest BCUT2D eigenvalue weighted by molar-refractivity contribution is 0.128. The number of hydrogen-bond donors (Lipinski definition) is 1. The Hall–Kier alpha value is -0.420. The number of nitrogens with zero attached hydrogens (tertiary/aromatic N) is 2. The highest BCUT2D eigenvalue weighted by atomic mass is 32.2. The third-order valence-electron chi connectivity index (χ3n) is 3.52. The third kappa shape index (κ3) is 5.22. The summed E-state index contributed by atoms with van der Waals surface area (Å²) in [4.78, 5) is 6.75. The van der Waals surface area contributed by atoms with E-state index < -0.39 is 0 Å². The molecule has 2 aliphatic rings. The minimum atomic E-state index is 0.318. The van der Waals surface area contributed by atoms with Crippen molar-refractivity contribution in [2.45, 2.75) is 31.4 Å². The summed E-state index contributed by atoms with van der Waals surface area (Å²) in [7, 11) is 1.86. The quantitative estimate of drug-likeness (QED) is 0.475. The van der Waals surface area contributed by atoms with E-state index in [2.05, 4.69) is 29.1 Å². The molecule has 0 amide bonds. The van der Waals surface area contributed by atoms with Gasteiger partial charge in [-0.1, -0.05) is 0 Å². The largest absolute Gasteiger partial charge is 0.379 e. The van der Waals surface area contributed by atoms with E-state index in [1.807, 2.05) is 18.8 Å². The Labute approximate surface area is 121 Å². The molecule has 2 fully saturated rings. The van der Waals surface area contributed by atoms with Crippen LogP contribution < -0.4 is 5.32 Å². The Kier molecular flexibility index (Phi) is 5.39. The maximum Gasteiger partial charge on any atom is 0.193 e. The van der Waals surface area contributed by atoms with Crippen LogP contribution in [0.5, 0.6) is 0 Å². The van der Waals surface area contributed by atoms with Gasteiger partial charge in [0.05, 0.1) is 6.61 Å². The van der Waals surface area contributed by atoms with Crippen LogP contribution in [0.3, 0.4) is 0 Å². The summed E-state index contributed by atoms with van der Waals surface area (Å²) in [5, 5.41) is 3.41. The Morgan fingerprint density at radius 3 is 2.89 bits per heavy atom. The molecule has 2 rings (SSSR count). The monoisotopic (exact) mass is 285 g/mol. The van der Waals surface area contributed by atoms with Gasteiger partial charge >= 0.3 is 0 Å². The van der Waals surface area contributed by atoms with Gasteiger partial charge < -0.3 is 15.0 Å². The number of aliphatic imine (C=N–C) groups is 1. The lowest BCUT2D eigenvalue weighted by Gasteiger charge is -2.39. The molecule has 110 valence electrons. The molecule has 0 atom stereocenters. The van der Waals surface area contributed by atoms with E-state index >= 15 is 0 Å². The Bertz CT molecular complexity index is 316. The van der Waals surface area contributed by atoms with Gasteiger partial charge in [0.2, 0.25) is 0 Å². The molecular formula is C14H27N3OS. The molecule has 0 spiro atoms. The van der Waals surface area contributed by atoms with E-state index in [1.165, 1.54) is 18.6 Å². The van der Waals surface area contributed by atoms with E-state index in [-0.39, 0.29) is 0 Å². The van der Waals surface area contributed by atoms with Gasteiger partial charge in [0.1, 0.15) is 0 Å². The number of thioether (sulfide) groups is 1. The summed E-state index contributed by atoms with van der Waals surface area (Å²) < 4.78 is 5.96. The van der Waals surface area contributed by atoms with Crippen LogP contribution in [0.15, 0.2) is 4.99 Å². The molecule has 1 aliphatic heterocycles. The van der Waals surface area contributed by atoms with Crippen molar-refractivity contribution in [3.05, 3.63) is 0 Å². The van der Waals surface area contributed by atoms with Crippen LogP contribution in [-0.4, -0.2) is 61.3 Å². The number of ether oxygens (including phenoxy) is 1. The average molecular weight is 285 g/mol. The lowest BCUT2D eigenvalue weighted by atomic mass is 10.2. The molecule has 0 unspecified atom stereocenters. The van der Waals surface area contributed by atoms with Gasteiger partial charge in [-0.15, -0.1) is 0 Å². The molecule has 0 aromatic heterocycles. The van der Waals surface area contributed by atoms with Crippen molar-refractivity contribution in [1.82, 2.24) is 10.2 Å². The standard InChI is InChI=1S/C14H27N3OS/c1-14(2)11-17(7-9-19-14)13(15-3)16-6-8-18-10-12-4-5-12/h12H,4-11H2,1-3H3,(H,15,16). The number of nitrogens with one attached hydrogen (secondary N) is 1. The van der Waals surface area contributed by atoms with Crippen LogP contribution in [0, 0.1) is 5.92 Å². The van der Waals surface area contributed by atoms with Gasteiger partial charge in [-0.2, -0.15) is 11.8 Å². The van der Waals surface area contributed by atoms with Crippen molar-refractivity contribution in [3.63, 3.8) is 0 Å². The molecule has 5 heteroatoms. The van der Waals surface area contributed by atoms with Crippen LogP contribution in [0.1, 0.15) is 26.7 Å². The maximum absolute atomic E-state index is 5.64. The predicted octanol–water partition coefficient (Wildman–Crippen LogP) is 1.82. The fourth-order valence-corrected chi connectivity index (χ4v) is 3.41. The van der Waals surface area contributed by atoms with E-state index in [0.717, 1.165) is 44.7 Å². The first-order chi connectivity index (χ1) is 9.11. The fraction of sp³-hybridized carbons (Fsp3) is 0.929. The molecule has 0 bridgehead atoms. The highest BCUT2D eigenvalue weighted by Crippen LogP contribution is 2.29. The van der Waals surface area contributed by atoms with E-state index in [4.69, 9.17) is 4.74 Å². The van der Waals surface area contributed by atoms with Crippen LogP contribution in [0.25, 0.3) is 0 Å². The van der Waals surface area contributed by atoms with Crippen molar-refractivity contribution in [3.8, 4) is 0 Å². The first kappa shape index (κ1) is 15.0. The summed E-state index contributed by atoms with van der Waals surface area (Å²) in [6, 6.07) is 0. The number of guanidine groups is 1. The smallest absolute Gasteiger partial charge is 0.193 e. The minimum Gasteiger partial charge on any atom is -0.379 e. The Balaban J connectivity index is 1.66. The number of hydrogen-bond acceptors (Lipinski definition) is 3. The topological polar surface area (TPSA) is 36.9 Å². The number of rotatable bonds is 5. The van der Waals surface area contributed by atoms with Crippen molar-refractivity contribution in [1.29, 1.82) is 0 Å². The zero-order valence-corrected chi connectivity index (χ0v) is 13.3. The zero-order valence-electron chi connectivity index (χ0n) is 12.4. The van der Waals surface area contributed by atoms with E-state index in [9.17, 15) is 0 Å². The highest BCUT2D eigenvalue weighted by molar-refractivity contribution is 8.00. The second-order valence-corrected chi connectivity index (χ2v) is 7.82. The molecule has 0 aromatic rings. The Morgan fingerprint density at radius 2 is 2.26 bits per heavy atom. The maximum atomic E-state index is 5.64. The second-order valence-electron chi connectivity index (χ2n) is 6.02. The van der Waals surface area contributed by atoms with Crippen LogP contribution in [-0.2, 0) is 4.74 Å². The third-order valence-corrected chi connectivity index (χ3v) is 4.81. The van der Waals surface area contributed by atoms with E-state index in [1.54, 1.807) is 0 Å². The molecular weight excluding hydrogens is 258 g/mol. The summed E-state index contributed by atoms with van der Waals surface area (Å²) >= 11 is 2.04. The fourth-order valence-electron chi connectivity index (χ4n) is 2.30. The molecule has 1 saturated carbocycles. The van der Waals surface area contributed by atoms with Crippen molar-refractivity contribution >= 4 is 17.7 Å². The van der Waals surface area contributed by atoms with E-state index in [0.29, 0.717) is 4.75 Å². The SMILES string of the molecule is CN=C(NCCOCC1CC1)N1CCSC(C)(C)C1. The van der Waals surface area contributed by atoms with Gasteiger partial charge in [-0.25, -0.2) is 0 Å². The van der Waals surface area contributed by atoms with Crippen LogP contribution in [0.2, 0.25) is 0 Å². The van der Waals surface area contributed by atoms with Crippen molar-refractivity contribution in [2.24, 2.45) is 10.9 Å². The lowest BCUT2D eigenvalue weighted by Crippen LogP contribution is -2.51. The van der Waals surface area contributed by atoms with Gasteiger partial charge in [-0.05, 0) is 32.6 Å². The molecule has 19 heavy (non-hydrogen) atoms. The van der Waals surface area contributed by atoms with Crippen molar-refractivity contribution < 1.29 is 4.74 Å². The van der Waals surface area contributed by atoms with Gasteiger partial charge in [0, 0.05) is 43.8 Å². The normalized spacial score (nSPS) is 23.5. The first-order valence-electron chi connectivity index (χ1n) is 7.28. The zero-order chi connectivity index (χ0) is 13.7. The van der Waals surface area contributed by atoms with Gasteiger partial charge in [-0.3, -0.25) is 4.99 Å². The molecule has 1 N–H and O–H groups in total. The molecule has 0 radical (unpaired) electrons. The Morgan fingerprint density at radius 1 is 1.47 bits per heavy atom. The highest BCUT2D eigenvalue weighted by Gasteiger charge is 2.28. The first-order valence-corrected chi connectivity index (χ1v) is 8.26. The molecule has 1 saturated heterocycles. The summed E-state index contributed by atoms with van der Waals surface area (Å²) in [6.07, 6.45) is 2.71. The van der Waals surface area contributed by atoms with Gasteiger partial charge in [0.15, 0.2) is 5.96 Å². The second kappa shape index (κ2) is 6.84. The summed E-state index contributed by atoms with van der Waals surface area (Å²) in [5.74, 6) is 3.04. The summed E-state index contributed by atoms with van der Waals surface area (Å²) in [5.41, 5.74) is 0. The molecule has 1 heterocycles. The van der Waals surface area contributed by atoms with Crippen LogP contribution >= 0.6 is 11.8 Å². The summed E-state index contributed by atoms with van der Waals surface area (Å²) in [6.45, 7) is 9.31. The average Bonchev–Trinajstić information content (AvgIpc) is 3.16.